The SMILES string of the molecule is CC(C)[C@H](NC(=O)c1cnn(C(C)(C)C)c1)C(=O)O. The summed E-state index contributed by atoms with van der Waals surface area (Å²) in [6.07, 6.45) is 3.06. The van der Waals surface area contributed by atoms with Crippen LogP contribution in [-0.2, 0) is 10.3 Å². The van der Waals surface area contributed by atoms with Crippen LogP contribution in [0.15, 0.2) is 12.4 Å². The van der Waals surface area contributed by atoms with Gasteiger partial charge in [-0.15, -0.1) is 0 Å². The van der Waals surface area contributed by atoms with Crippen LogP contribution in [0.5, 0.6) is 0 Å². The number of hydrogen-bond donors (Lipinski definition) is 2. The molecule has 0 aliphatic heterocycles. The number of carbonyl (C=O) groups excluding carboxylic acids is 1. The molecule has 0 radical (unpaired) electrons. The van der Waals surface area contributed by atoms with E-state index in [1.54, 1.807) is 24.7 Å². The molecule has 1 atom stereocenters. The van der Waals surface area contributed by atoms with Crippen molar-refractivity contribution in [2.45, 2.75) is 46.2 Å². The summed E-state index contributed by atoms with van der Waals surface area (Å²) in [5.74, 6) is -1.64. The number of carboxylic acids is 1. The highest BCUT2D eigenvalue weighted by atomic mass is 16.4. The molecule has 0 fully saturated rings. The van der Waals surface area contributed by atoms with Crippen LogP contribution in [0.4, 0.5) is 0 Å². The van der Waals surface area contributed by atoms with Gasteiger partial charge in [-0.2, -0.15) is 5.10 Å². The Morgan fingerprint density at radius 3 is 2.32 bits per heavy atom. The summed E-state index contributed by atoms with van der Waals surface area (Å²) in [5, 5.41) is 15.7. The maximum absolute atomic E-state index is 12.0. The van der Waals surface area contributed by atoms with Gasteiger partial charge in [0.25, 0.3) is 5.91 Å². The van der Waals surface area contributed by atoms with E-state index in [0.29, 0.717) is 5.56 Å². The van der Waals surface area contributed by atoms with Gasteiger partial charge in [-0.1, -0.05) is 13.8 Å². The van der Waals surface area contributed by atoms with Crippen LogP contribution >= 0.6 is 0 Å². The van der Waals surface area contributed by atoms with Crippen LogP contribution in [-0.4, -0.2) is 32.8 Å². The quantitative estimate of drug-likeness (QED) is 0.865. The van der Waals surface area contributed by atoms with Gasteiger partial charge in [-0.25, -0.2) is 4.79 Å². The van der Waals surface area contributed by atoms with Gasteiger partial charge in [0.15, 0.2) is 0 Å². The molecule has 1 amide bonds. The molecule has 0 spiro atoms. The minimum atomic E-state index is -1.04. The fourth-order valence-electron chi connectivity index (χ4n) is 1.55. The summed E-state index contributed by atoms with van der Waals surface area (Å²) in [6.45, 7) is 9.40. The Bertz CT molecular complexity index is 472. The number of nitrogens with one attached hydrogen (secondary N) is 1. The first-order valence-electron chi connectivity index (χ1n) is 6.21. The summed E-state index contributed by atoms with van der Waals surface area (Å²) in [6, 6.07) is -0.898. The highest BCUT2D eigenvalue weighted by molar-refractivity contribution is 5.96. The highest BCUT2D eigenvalue weighted by Crippen LogP contribution is 2.13. The normalized spacial score (nSPS) is 13.4. The van der Waals surface area contributed by atoms with Crippen LogP contribution in [0.3, 0.4) is 0 Å². The second kappa shape index (κ2) is 5.42. The minimum absolute atomic E-state index is 0.181. The van der Waals surface area contributed by atoms with Gasteiger partial charge >= 0.3 is 5.97 Å². The van der Waals surface area contributed by atoms with Gasteiger partial charge < -0.3 is 10.4 Å². The zero-order chi connectivity index (χ0) is 14.8. The monoisotopic (exact) mass is 267 g/mol. The van der Waals surface area contributed by atoms with Crippen molar-refractivity contribution < 1.29 is 14.7 Å². The molecule has 0 saturated heterocycles. The van der Waals surface area contributed by atoms with Gasteiger partial charge in [0.05, 0.1) is 17.3 Å². The number of rotatable bonds is 4. The molecule has 106 valence electrons. The molecule has 0 unspecified atom stereocenters. The summed E-state index contributed by atoms with van der Waals surface area (Å²) in [7, 11) is 0. The topological polar surface area (TPSA) is 84.2 Å². The number of carbonyl (C=O) groups is 2. The lowest BCUT2D eigenvalue weighted by atomic mass is 10.0. The zero-order valence-corrected chi connectivity index (χ0v) is 12.0. The maximum Gasteiger partial charge on any atom is 0.326 e. The van der Waals surface area contributed by atoms with Crippen LogP contribution in [0.1, 0.15) is 45.0 Å². The average Bonchev–Trinajstić information content (AvgIpc) is 2.73. The number of amides is 1. The van der Waals surface area contributed by atoms with Gasteiger partial charge in [-0.05, 0) is 26.7 Å². The van der Waals surface area contributed by atoms with Gasteiger partial charge in [0, 0.05) is 6.20 Å². The summed E-state index contributed by atoms with van der Waals surface area (Å²) in [4.78, 5) is 23.0. The zero-order valence-electron chi connectivity index (χ0n) is 12.0. The molecule has 19 heavy (non-hydrogen) atoms. The third-order valence-corrected chi connectivity index (χ3v) is 2.75. The van der Waals surface area contributed by atoms with Crippen LogP contribution in [0, 0.1) is 5.92 Å². The van der Waals surface area contributed by atoms with Crippen molar-refractivity contribution in [1.82, 2.24) is 15.1 Å². The molecular formula is C13H21N3O3. The van der Waals surface area contributed by atoms with Gasteiger partial charge in [0.2, 0.25) is 0 Å². The lowest BCUT2D eigenvalue weighted by molar-refractivity contribution is -0.140. The Labute approximate surface area is 112 Å². The predicted molar refractivity (Wildman–Crippen MR) is 71.0 cm³/mol. The Balaban J connectivity index is 2.84. The molecule has 0 aliphatic carbocycles. The first-order chi connectivity index (χ1) is 8.62. The van der Waals surface area contributed by atoms with Crippen molar-refractivity contribution in [3.63, 3.8) is 0 Å². The smallest absolute Gasteiger partial charge is 0.326 e. The van der Waals surface area contributed by atoms with E-state index < -0.39 is 17.9 Å². The molecule has 1 aromatic heterocycles. The van der Waals surface area contributed by atoms with Gasteiger partial charge in [-0.3, -0.25) is 9.48 Å². The molecular weight excluding hydrogens is 246 g/mol. The van der Waals surface area contributed by atoms with Crippen LogP contribution in [0.2, 0.25) is 0 Å². The van der Waals surface area contributed by atoms with E-state index in [2.05, 4.69) is 10.4 Å². The van der Waals surface area contributed by atoms with Crippen molar-refractivity contribution in [2.75, 3.05) is 0 Å². The molecule has 1 rings (SSSR count). The van der Waals surface area contributed by atoms with E-state index in [-0.39, 0.29) is 11.5 Å². The van der Waals surface area contributed by atoms with E-state index in [0.717, 1.165) is 0 Å². The first kappa shape index (κ1) is 15.2. The number of nitrogens with zero attached hydrogens (tertiary/aromatic N) is 2. The summed E-state index contributed by atoms with van der Waals surface area (Å²) in [5.41, 5.74) is 0.143. The Kier molecular flexibility index (Phi) is 4.34. The molecule has 0 aliphatic rings. The minimum Gasteiger partial charge on any atom is -0.480 e. The first-order valence-corrected chi connectivity index (χ1v) is 6.21. The largest absolute Gasteiger partial charge is 0.480 e. The van der Waals surface area contributed by atoms with Crippen molar-refractivity contribution >= 4 is 11.9 Å². The molecule has 6 heteroatoms. The molecule has 0 bridgehead atoms. The number of carboxylic acid groups (broad SMARTS) is 1. The Hall–Kier alpha value is -1.85. The van der Waals surface area contributed by atoms with E-state index >= 15 is 0 Å². The standard InChI is InChI=1S/C13H21N3O3/c1-8(2)10(12(18)19)15-11(17)9-6-14-16(7-9)13(3,4)5/h6-8,10H,1-5H3,(H,15,17)(H,18,19)/t10-/m0/s1. The molecule has 1 aromatic rings. The van der Waals surface area contributed by atoms with Crippen LogP contribution in [0.25, 0.3) is 0 Å². The summed E-state index contributed by atoms with van der Waals surface area (Å²) < 4.78 is 1.67. The number of aromatic nitrogens is 2. The Morgan fingerprint density at radius 2 is 1.95 bits per heavy atom. The number of hydrogen-bond acceptors (Lipinski definition) is 3. The molecule has 1 heterocycles. The van der Waals surface area contributed by atoms with E-state index in [9.17, 15) is 9.59 Å². The van der Waals surface area contributed by atoms with Crippen molar-refractivity contribution in [3.05, 3.63) is 18.0 Å². The second-order valence-corrected chi connectivity index (χ2v) is 5.88. The highest BCUT2D eigenvalue weighted by Gasteiger charge is 2.25. The van der Waals surface area contributed by atoms with E-state index in [4.69, 9.17) is 5.11 Å². The fraction of sp³-hybridized carbons (Fsp3) is 0.615. The molecule has 0 saturated carbocycles. The number of aliphatic carboxylic acids is 1. The molecule has 6 nitrogen and oxygen atoms in total. The van der Waals surface area contributed by atoms with Crippen molar-refractivity contribution in [3.8, 4) is 0 Å². The average molecular weight is 267 g/mol. The third-order valence-electron chi connectivity index (χ3n) is 2.75. The van der Waals surface area contributed by atoms with Crippen molar-refractivity contribution in [2.24, 2.45) is 5.92 Å². The van der Waals surface area contributed by atoms with E-state index in [1.807, 2.05) is 20.8 Å². The predicted octanol–water partition coefficient (Wildman–Crippen LogP) is 1.48. The third kappa shape index (κ3) is 3.81. The van der Waals surface area contributed by atoms with Gasteiger partial charge in [0.1, 0.15) is 6.04 Å². The lowest BCUT2D eigenvalue weighted by Gasteiger charge is -2.19. The maximum atomic E-state index is 12.0. The summed E-state index contributed by atoms with van der Waals surface area (Å²) >= 11 is 0. The second-order valence-electron chi connectivity index (χ2n) is 5.88. The van der Waals surface area contributed by atoms with Crippen molar-refractivity contribution in [1.29, 1.82) is 0 Å². The van der Waals surface area contributed by atoms with Crippen LogP contribution < -0.4 is 5.32 Å². The molecule has 0 aromatic carbocycles. The Morgan fingerprint density at radius 1 is 1.37 bits per heavy atom. The lowest BCUT2D eigenvalue weighted by Crippen LogP contribution is -2.44. The van der Waals surface area contributed by atoms with E-state index in [1.165, 1.54) is 6.20 Å². The molecule has 2 N–H and O–H groups in total. The fourth-order valence-corrected chi connectivity index (χ4v) is 1.55.